The van der Waals surface area contributed by atoms with Gasteiger partial charge in [0, 0.05) is 0 Å². The minimum atomic E-state index is -3.91. The molecule has 9 heavy (non-hydrogen) atoms. The van der Waals surface area contributed by atoms with Crippen LogP contribution in [0.5, 0.6) is 0 Å². The molecule has 1 saturated heterocycles. The highest BCUT2D eigenvalue weighted by Crippen LogP contribution is 2.25. The Balaban J connectivity index is 2.77. The van der Waals surface area contributed by atoms with Gasteiger partial charge in [0.25, 0.3) is 0 Å². The van der Waals surface area contributed by atoms with E-state index in [2.05, 4.69) is 8.37 Å². The van der Waals surface area contributed by atoms with Gasteiger partial charge in [0.05, 0.1) is 0 Å². The van der Waals surface area contributed by atoms with Crippen LogP contribution in [-0.2, 0) is 18.8 Å². The van der Waals surface area contributed by atoms with Crippen LogP contribution in [0.15, 0.2) is 0 Å². The Labute approximate surface area is 62.0 Å². The normalized spacial score (nSPS) is 41.1. The van der Waals surface area contributed by atoms with Crippen LogP contribution in [-0.4, -0.2) is 19.5 Å². The monoisotopic (exact) mass is 192 g/mol. The van der Waals surface area contributed by atoms with E-state index in [1.807, 2.05) is 0 Å². The molecule has 0 aromatic carbocycles. The van der Waals surface area contributed by atoms with Crippen LogP contribution >= 0.6 is 23.2 Å². The maximum Gasteiger partial charge on any atom is 0.403 e. The van der Waals surface area contributed by atoms with Crippen LogP contribution in [0.2, 0.25) is 0 Å². The Morgan fingerprint density at radius 2 is 1.44 bits per heavy atom. The Morgan fingerprint density at radius 3 is 1.56 bits per heavy atom. The number of rotatable bonds is 0. The van der Waals surface area contributed by atoms with E-state index in [1.165, 1.54) is 0 Å². The molecule has 1 heterocycles. The van der Waals surface area contributed by atoms with E-state index in [0.717, 1.165) is 0 Å². The fraction of sp³-hybridized carbons (Fsp3) is 1.00. The summed E-state index contributed by atoms with van der Waals surface area (Å²) in [4.78, 5) is 0. The maximum absolute atomic E-state index is 10.2. The van der Waals surface area contributed by atoms with Crippen molar-refractivity contribution in [2.24, 2.45) is 0 Å². The second-order valence-corrected chi connectivity index (χ2v) is 3.36. The second kappa shape index (κ2) is 2.25. The summed E-state index contributed by atoms with van der Waals surface area (Å²) in [5.74, 6) is 0. The minimum Gasteiger partial charge on any atom is -0.224 e. The molecule has 0 N–H and O–H groups in total. The maximum atomic E-state index is 10.2. The third-order valence-electron chi connectivity index (χ3n) is 0.626. The molecule has 7 heteroatoms. The number of halogens is 2. The third kappa shape index (κ3) is 1.68. The van der Waals surface area contributed by atoms with Gasteiger partial charge in [0.2, 0.25) is 0 Å². The zero-order chi connectivity index (χ0) is 7.07. The molecule has 1 rings (SSSR count). The highest BCUT2D eigenvalue weighted by Gasteiger charge is 2.37. The van der Waals surface area contributed by atoms with Crippen LogP contribution < -0.4 is 0 Å². The lowest BCUT2D eigenvalue weighted by Gasteiger charge is -1.93. The van der Waals surface area contributed by atoms with Crippen LogP contribution in [0.4, 0.5) is 0 Å². The van der Waals surface area contributed by atoms with Crippen molar-refractivity contribution in [1.29, 1.82) is 0 Å². The Hall–Kier alpha value is 0.450. The summed E-state index contributed by atoms with van der Waals surface area (Å²) >= 11 is 10.4. The van der Waals surface area contributed by atoms with Crippen LogP contribution in [0.3, 0.4) is 0 Å². The molecule has 2 atom stereocenters. The summed E-state index contributed by atoms with van der Waals surface area (Å²) in [6.45, 7) is 0. The molecule has 0 aliphatic carbocycles. The van der Waals surface area contributed by atoms with Crippen molar-refractivity contribution in [2.45, 2.75) is 11.1 Å². The topological polar surface area (TPSA) is 52.6 Å². The molecule has 0 aromatic rings. The first-order valence-corrected chi connectivity index (χ1v) is 4.11. The highest BCUT2D eigenvalue weighted by atomic mass is 35.5. The molecule has 2 unspecified atom stereocenters. The zero-order valence-electron chi connectivity index (χ0n) is 3.95. The summed E-state index contributed by atoms with van der Waals surface area (Å²) in [5.41, 5.74) is -2.23. The molecule has 0 radical (unpaired) electrons. The van der Waals surface area contributed by atoms with Gasteiger partial charge in [0.1, 0.15) is 0 Å². The molecule has 0 saturated carbocycles. The zero-order valence-corrected chi connectivity index (χ0v) is 6.28. The molecule has 0 amide bonds. The first-order valence-electron chi connectivity index (χ1n) is 1.91. The van der Waals surface area contributed by atoms with Crippen LogP contribution in [0.25, 0.3) is 0 Å². The first-order chi connectivity index (χ1) is 4.01. The Bertz CT molecular complexity index is 183. The number of hydrogen-bond donors (Lipinski definition) is 0. The molecule has 0 aromatic heterocycles. The van der Waals surface area contributed by atoms with Gasteiger partial charge >= 0.3 is 10.4 Å². The number of alkyl halides is 2. The molecular weight excluding hydrogens is 191 g/mol. The summed E-state index contributed by atoms with van der Waals surface area (Å²) in [6.07, 6.45) is 0. The van der Waals surface area contributed by atoms with Crippen molar-refractivity contribution in [3.8, 4) is 0 Å². The summed E-state index contributed by atoms with van der Waals surface area (Å²) in [5, 5.41) is 0. The van der Waals surface area contributed by atoms with E-state index >= 15 is 0 Å². The molecule has 1 aliphatic heterocycles. The van der Waals surface area contributed by atoms with E-state index in [0.29, 0.717) is 0 Å². The summed E-state index contributed by atoms with van der Waals surface area (Å²) < 4.78 is 28.6. The van der Waals surface area contributed by atoms with Gasteiger partial charge < -0.3 is 0 Å². The first kappa shape index (κ1) is 7.56. The van der Waals surface area contributed by atoms with Crippen molar-refractivity contribution in [2.75, 3.05) is 0 Å². The van der Waals surface area contributed by atoms with Gasteiger partial charge in [-0.1, -0.05) is 23.2 Å². The quantitative estimate of drug-likeness (QED) is 0.522. The standard InChI is InChI=1S/C2H2Cl2O4S/c3-1-2(4)8-9(5,6)7-1/h1-2H. The van der Waals surface area contributed by atoms with E-state index in [9.17, 15) is 8.42 Å². The average molecular weight is 193 g/mol. The molecule has 0 bridgehead atoms. The predicted molar refractivity (Wildman–Crippen MR) is 30.4 cm³/mol. The highest BCUT2D eigenvalue weighted by molar-refractivity contribution is 7.82. The second-order valence-electron chi connectivity index (χ2n) is 1.30. The lowest BCUT2D eigenvalue weighted by molar-refractivity contribution is 0.292. The van der Waals surface area contributed by atoms with Crippen LogP contribution in [0, 0.1) is 0 Å². The van der Waals surface area contributed by atoms with E-state index in [-0.39, 0.29) is 0 Å². The molecular formula is C2H2Cl2O4S. The van der Waals surface area contributed by atoms with E-state index in [1.54, 1.807) is 0 Å². The largest absolute Gasteiger partial charge is 0.403 e. The van der Waals surface area contributed by atoms with E-state index < -0.39 is 21.5 Å². The van der Waals surface area contributed by atoms with Crippen molar-refractivity contribution in [3.05, 3.63) is 0 Å². The lowest BCUT2D eigenvalue weighted by Crippen LogP contribution is -2.07. The smallest absolute Gasteiger partial charge is 0.224 e. The van der Waals surface area contributed by atoms with Crippen molar-refractivity contribution in [3.63, 3.8) is 0 Å². The van der Waals surface area contributed by atoms with Gasteiger partial charge in [-0.15, -0.1) is 0 Å². The minimum absolute atomic E-state index is 1.11. The molecule has 0 spiro atoms. The van der Waals surface area contributed by atoms with Crippen molar-refractivity contribution >= 4 is 33.6 Å². The molecule has 1 fully saturated rings. The van der Waals surface area contributed by atoms with Gasteiger partial charge in [-0.3, -0.25) is 0 Å². The molecule has 54 valence electrons. The van der Waals surface area contributed by atoms with Gasteiger partial charge in [-0.2, -0.15) is 8.42 Å². The average Bonchev–Trinajstić information content (AvgIpc) is 1.79. The Morgan fingerprint density at radius 1 is 1.11 bits per heavy atom. The predicted octanol–water partition coefficient (Wildman–Crippen LogP) is 0.408. The summed E-state index contributed by atoms with van der Waals surface area (Å²) in [6, 6.07) is 0. The van der Waals surface area contributed by atoms with E-state index in [4.69, 9.17) is 23.2 Å². The fourth-order valence-corrected chi connectivity index (χ4v) is 1.79. The molecule has 4 nitrogen and oxygen atoms in total. The summed E-state index contributed by atoms with van der Waals surface area (Å²) in [7, 11) is -3.91. The fourth-order valence-electron chi connectivity index (χ4n) is 0.335. The van der Waals surface area contributed by atoms with Crippen molar-refractivity contribution < 1.29 is 16.8 Å². The number of hydrogen-bond acceptors (Lipinski definition) is 4. The SMILES string of the molecule is O=S1(=O)OC(Cl)C(Cl)O1. The van der Waals surface area contributed by atoms with Gasteiger partial charge in [-0.25, -0.2) is 8.37 Å². The van der Waals surface area contributed by atoms with Gasteiger partial charge in [0.15, 0.2) is 11.1 Å². The lowest BCUT2D eigenvalue weighted by atomic mass is 10.8. The third-order valence-corrected chi connectivity index (χ3v) is 2.49. The molecule has 1 aliphatic rings. The van der Waals surface area contributed by atoms with Crippen LogP contribution in [0.1, 0.15) is 0 Å². The Kier molecular flexibility index (Phi) is 1.89. The van der Waals surface area contributed by atoms with Gasteiger partial charge in [-0.05, 0) is 0 Å². The van der Waals surface area contributed by atoms with Crippen molar-refractivity contribution in [1.82, 2.24) is 0 Å².